The summed E-state index contributed by atoms with van der Waals surface area (Å²) in [6.45, 7) is 4.72. The van der Waals surface area contributed by atoms with Crippen LogP contribution in [0.3, 0.4) is 0 Å². The number of rotatable bonds is 6. The number of hydrogen-bond acceptors (Lipinski definition) is 5. The maximum absolute atomic E-state index is 12.2. The third-order valence-electron chi connectivity index (χ3n) is 3.91. The van der Waals surface area contributed by atoms with Crippen molar-refractivity contribution in [3.05, 3.63) is 45.7 Å². The first kappa shape index (κ1) is 20.6. The molecule has 1 unspecified atom stereocenters. The highest BCUT2D eigenvalue weighted by Gasteiger charge is 2.21. The normalized spacial score (nSPS) is 11.6. The van der Waals surface area contributed by atoms with E-state index < -0.39 is 23.9 Å². The number of halogens is 1. The summed E-state index contributed by atoms with van der Waals surface area (Å²) in [5.74, 6) is -1.59. The Morgan fingerprint density at radius 2 is 2.00 bits per heavy atom. The van der Waals surface area contributed by atoms with Crippen molar-refractivity contribution >= 4 is 39.4 Å². The molecule has 1 aromatic heterocycles. The minimum absolute atomic E-state index is 0.339. The second kappa shape index (κ2) is 8.81. The largest absolute Gasteiger partial charge is 0.451 e. The highest BCUT2D eigenvalue weighted by Crippen LogP contribution is 2.18. The quantitative estimate of drug-likeness (QED) is 0.674. The van der Waals surface area contributed by atoms with E-state index in [1.807, 2.05) is 6.92 Å². The predicted octanol–water partition coefficient (Wildman–Crippen LogP) is 2.10. The summed E-state index contributed by atoms with van der Waals surface area (Å²) < 4.78 is 7.48. The molecular formula is C18H21BrN4O4. The van der Waals surface area contributed by atoms with Gasteiger partial charge in [-0.15, -0.1) is 0 Å². The average Bonchev–Trinajstić information content (AvgIpc) is 2.85. The zero-order valence-electron chi connectivity index (χ0n) is 15.5. The fourth-order valence-electron chi connectivity index (χ4n) is 2.36. The summed E-state index contributed by atoms with van der Waals surface area (Å²) in [7, 11) is 1.77. The van der Waals surface area contributed by atoms with E-state index in [0.29, 0.717) is 16.9 Å². The van der Waals surface area contributed by atoms with Gasteiger partial charge in [-0.05, 0) is 39.0 Å². The standard InChI is InChI=1S/C18H21BrN4O4/c1-10-16(11(2)23(4)22-10)21-17(25)12(3)27-15(24)9-20-18(26)13-6-5-7-14(19)8-13/h5-8,12H,9H2,1-4H3,(H,20,26)(H,21,25). The highest BCUT2D eigenvalue weighted by atomic mass is 79.9. The topological polar surface area (TPSA) is 102 Å². The molecule has 0 fully saturated rings. The smallest absolute Gasteiger partial charge is 0.326 e. The van der Waals surface area contributed by atoms with Gasteiger partial charge in [-0.25, -0.2) is 0 Å². The van der Waals surface area contributed by atoms with Crippen molar-refractivity contribution in [2.24, 2.45) is 7.05 Å². The van der Waals surface area contributed by atoms with Crippen LogP contribution in [0, 0.1) is 13.8 Å². The van der Waals surface area contributed by atoms with Crippen LogP contribution in [0.4, 0.5) is 5.69 Å². The number of benzene rings is 1. The van der Waals surface area contributed by atoms with Gasteiger partial charge in [0.1, 0.15) is 6.54 Å². The number of carbonyl (C=O) groups is 3. The number of aryl methyl sites for hydroxylation is 2. The fraction of sp³-hybridized carbons (Fsp3) is 0.333. The van der Waals surface area contributed by atoms with Crippen LogP contribution in [-0.2, 0) is 21.4 Å². The Balaban J connectivity index is 1.85. The van der Waals surface area contributed by atoms with Crippen molar-refractivity contribution in [3.8, 4) is 0 Å². The van der Waals surface area contributed by atoms with Crippen molar-refractivity contribution in [1.29, 1.82) is 0 Å². The van der Waals surface area contributed by atoms with Crippen LogP contribution in [-0.4, -0.2) is 40.2 Å². The summed E-state index contributed by atoms with van der Waals surface area (Å²) >= 11 is 3.28. The summed E-state index contributed by atoms with van der Waals surface area (Å²) in [5, 5.41) is 9.38. The highest BCUT2D eigenvalue weighted by molar-refractivity contribution is 9.10. The summed E-state index contributed by atoms with van der Waals surface area (Å²) in [4.78, 5) is 36.2. The molecule has 1 atom stereocenters. The molecule has 0 spiro atoms. The number of anilines is 1. The van der Waals surface area contributed by atoms with E-state index in [1.54, 1.807) is 42.9 Å². The second-order valence-corrected chi connectivity index (χ2v) is 6.90. The SMILES string of the molecule is Cc1nn(C)c(C)c1NC(=O)C(C)OC(=O)CNC(=O)c1cccc(Br)c1. The zero-order chi connectivity index (χ0) is 20.1. The van der Waals surface area contributed by atoms with Crippen molar-refractivity contribution in [2.45, 2.75) is 26.9 Å². The first-order chi connectivity index (χ1) is 12.7. The molecule has 27 heavy (non-hydrogen) atoms. The molecule has 144 valence electrons. The van der Waals surface area contributed by atoms with Crippen molar-refractivity contribution < 1.29 is 19.1 Å². The number of esters is 1. The van der Waals surface area contributed by atoms with Crippen molar-refractivity contribution in [1.82, 2.24) is 15.1 Å². The maximum atomic E-state index is 12.2. The number of nitrogens with one attached hydrogen (secondary N) is 2. The number of carbonyl (C=O) groups excluding carboxylic acids is 3. The molecule has 0 aliphatic rings. The number of amides is 2. The first-order valence-corrected chi connectivity index (χ1v) is 9.02. The predicted molar refractivity (Wildman–Crippen MR) is 103 cm³/mol. The van der Waals surface area contributed by atoms with Gasteiger partial charge < -0.3 is 15.4 Å². The van der Waals surface area contributed by atoms with E-state index in [1.165, 1.54) is 6.92 Å². The average molecular weight is 437 g/mol. The Morgan fingerprint density at radius 1 is 1.30 bits per heavy atom. The van der Waals surface area contributed by atoms with Crippen LogP contribution < -0.4 is 10.6 Å². The number of aromatic nitrogens is 2. The van der Waals surface area contributed by atoms with Gasteiger partial charge in [0, 0.05) is 17.1 Å². The minimum Gasteiger partial charge on any atom is -0.451 e. The molecule has 0 aliphatic heterocycles. The second-order valence-electron chi connectivity index (χ2n) is 5.98. The molecule has 2 rings (SSSR count). The Kier molecular flexibility index (Phi) is 6.73. The van der Waals surface area contributed by atoms with Gasteiger partial charge in [0.15, 0.2) is 6.10 Å². The lowest BCUT2D eigenvalue weighted by Gasteiger charge is -2.14. The number of hydrogen-bond donors (Lipinski definition) is 2. The maximum Gasteiger partial charge on any atom is 0.326 e. The molecular weight excluding hydrogens is 416 g/mol. The van der Waals surface area contributed by atoms with Gasteiger partial charge in [-0.3, -0.25) is 19.1 Å². The molecule has 8 nitrogen and oxygen atoms in total. The lowest BCUT2D eigenvalue weighted by molar-refractivity contribution is -0.152. The summed E-state index contributed by atoms with van der Waals surface area (Å²) in [6.07, 6.45) is -1.01. The third-order valence-corrected chi connectivity index (χ3v) is 4.41. The third kappa shape index (κ3) is 5.40. The van der Waals surface area contributed by atoms with Crippen LogP contribution in [0.2, 0.25) is 0 Å². The lowest BCUT2D eigenvalue weighted by Crippen LogP contribution is -2.36. The van der Waals surface area contributed by atoms with Gasteiger partial charge in [0.2, 0.25) is 0 Å². The van der Waals surface area contributed by atoms with Crippen molar-refractivity contribution in [2.75, 3.05) is 11.9 Å². The van der Waals surface area contributed by atoms with Crippen molar-refractivity contribution in [3.63, 3.8) is 0 Å². The molecule has 2 aromatic rings. The van der Waals surface area contributed by atoms with E-state index in [0.717, 1.165) is 10.2 Å². The number of ether oxygens (including phenoxy) is 1. The van der Waals surface area contributed by atoms with Gasteiger partial charge >= 0.3 is 5.97 Å². The molecule has 0 saturated heterocycles. The van der Waals surface area contributed by atoms with Crippen LogP contribution in [0.25, 0.3) is 0 Å². The summed E-state index contributed by atoms with van der Waals surface area (Å²) in [5.41, 5.74) is 2.46. The first-order valence-electron chi connectivity index (χ1n) is 8.23. The molecule has 1 heterocycles. The fourth-order valence-corrected chi connectivity index (χ4v) is 2.76. The molecule has 2 amide bonds. The van der Waals surface area contributed by atoms with Gasteiger partial charge in [-0.1, -0.05) is 22.0 Å². The van der Waals surface area contributed by atoms with Crippen LogP contribution in [0.5, 0.6) is 0 Å². The Morgan fingerprint density at radius 3 is 2.59 bits per heavy atom. The molecule has 9 heteroatoms. The molecule has 0 aliphatic carbocycles. The molecule has 0 bridgehead atoms. The van der Waals surface area contributed by atoms with Crippen LogP contribution >= 0.6 is 15.9 Å². The number of nitrogens with zero attached hydrogens (tertiary/aromatic N) is 2. The molecule has 1 aromatic carbocycles. The van der Waals surface area contributed by atoms with Crippen LogP contribution in [0.1, 0.15) is 28.7 Å². The van der Waals surface area contributed by atoms with E-state index in [2.05, 4.69) is 31.7 Å². The molecule has 0 radical (unpaired) electrons. The summed E-state index contributed by atoms with van der Waals surface area (Å²) in [6, 6.07) is 6.76. The van der Waals surface area contributed by atoms with E-state index in [-0.39, 0.29) is 6.54 Å². The van der Waals surface area contributed by atoms with Crippen LogP contribution in [0.15, 0.2) is 28.7 Å². The van der Waals surface area contributed by atoms with E-state index in [4.69, 9.17) is 4.74 Å². The Hall–Kier alpha value is -2.68. The monoisotopic (exact) mass is 436 g/mol. The Labute approximate surface area is 165 Å². The van der Waals surface area contributed by atoms with Gasteiger partial charge in [0.25, 0.3) is 11.8 Å². The lowest BCUT2D eigenvalue weighted by atomic mass is 10.2. The molecule has 2 N–H and O–H groups in total. The molecule has 0 saturated carbocycles. The Bertz CT molecular complexity index is 878. The van der Waals surface area contributed by atoms with E-state index in [9.17, 15) is 14.4 Å². The minimum atomic E-state index is -1.01. The zero-order valence-corrected chi connectivity index (χ0v) is 17.1. The van der Waals surface area contributed by atoms with Gasteiger partial charge in [-0.2, -0.15) is 5.10 Å². The van der Waals surface area contributed by atoms with Gasteiger partial charge in [0.05, 0.1) is 17.1 Å². The van der Waals surface area contributed by atoms with E-state index >= 15 is 0 Å².